The molecule has 0 saturated carbocycles. The first-order valence-corrected chi connectivity index (χ1v) is 6.59. The molecule has 0 aromatic rings. The molecule has 1 fully saturated rings. The number of rotatable bonds is 0. The SMILES string of the molecule is C1=CCC2C(=C1)N=C1C=C3CCCN3CCN12. The predicted molar refractivity (Wildman–Crippen MR) is 68.7 cm³/mol. The van der Waals surface area contributed by atoms with Crippen LogP contribution in [-0.4, -0.2) is 41.3 Å². The molecule has 0 aromatic carbocycles. The fourth-order valence-electron chi connectivity index (χ4n) is 3.30. The second-order valence-electron chi connectivity index (χ2n) is 5.16. The molecule has 3 heterocycles. The van der Waals surface area contributed by atoms with Crippen molar-refractivity contribution in [2.45, 2.75) is 25.3 Å². The lowest BCUT2D eigenvalue weighted by atomic mass is 10.1. The van der Waals surface area contributed by atoms with Gasteiger partial charge in [-0.1, -0.05) is 12.2 Å². The number of amidine groups is 1. The van der Waals surface area contributed by atoms with Gasteiger partial charge in [0, 0.05) is 25.3 Å². The summed E-state index contributed by atoms with van der Waals surface area (Å²) in [6, 6.07) is 0.506. The molecule has 1 aliphatic carbocycles. The van der Waals surface area contributed by atoms with Crippen molar-refractivity contribution in [2.24, 2.45) is 4.99 Å². The van der Waals surface area contributed by atoms with E-state index in [9.17, 15) is 0 Å². The number of nitrogens with zero attached hydrogens (tertiary/aromatic N) is 3. The summed E-state index contributed by atoms with van der Waals surface area (Å²) < 4.78 is 0. The summed E-state index contributed by atoms with van der Waals surface area (Å²) in [7, 11) is 0. The average Bonchev–Trinajstić information content (AvgIpc) is 2.89. The summed E-state index contributed by atoms with van der Waals surface area (Å²) in [5.41, 5.74) is 2.75. The second-order valence-corrected chi connectivity index (χ2v) is 5.16. The van der Waals surface area contributed by atoms with Gasteiger partial charge in [0.2, 0.25) is 0 Å². The van der Waals surface area contributed by atoms with E-state index < -0.39 is 0 Å². The second kappa shape index (κ2) is 3.49. The van der Waals surface area contributed by atoms with E-state index in [-0.39, 0.29) is 0 Å². The molecule has 0 aromatic heterocycles. The Morgan fingerprint density at radius 2 is 2.24 bits per heavy atom. The van der Waals surface area contributed by atoms with Gasteiger partial charge in [-0.3, -0.25) is 0 Å². The summed E-state index contributed by atoms with van der Waals surface area (Å²) >= 11 is 0. The summed E-state index contributed by atoms with van der Waals surface area (Å²) in [4.78, 5) is 9.82. The first kappa shape index (κ1) is 9.51. The van der Waals surface area contributed by atoms with Crippen LogP contribution < -0.4 is 0 Å². The fourth-order valence-corrected chi connectivity index (χ4v) is 3.30. The molecule has 1 atom stereocenters. The van der Waals surface area contributed by atoms with E-state index in [4.69, 9.17) is 4.99 Å². The third-order valence-electron chi connectivity index (χ3n) is 4.19. The highest BCUT2D eigenvalue weighted by molar-refractivity contribution is 5.97. The summed E-state index contributed by atoms with van der Waals surface area (Å²) in [6.07, 6.45) is 12.5. The Morgan fingerprint density at radius 3 is 3.24 bits per heavy atom. The average molecular weight is 227 g/mol. The molecule has 3 heteroatoms. The first-order valence-electron chi connectivity index (χ1n) is 6.59. The molecular weight excluding hydrogens is 210 g/mol. The van der Waals surface area contributed by atoms with Gasteiger partial charge >= 0.3 is 0 Å². The molecule has 0 radical (unpaired) electrons. The maximum absolute atomic E-state index is 4.80. The Balaban J connectivity index is 1.74. The number of hydrogen-bond donors (Lipinski definition) is 0. The van der Waals surface area contributed by atoms with Crippen molar-refractivity contribution in [3.63, 3.8) is 0 Å². The monoisotopic (exact) mass is 227 g/mol. The van der Waals surface area contributed by atoms with Crippen molar-refractivity contribution in [3.05, 3.63) is 35.7 Å². The van der Waals surface area contributed by atoms with Crippen LogP contribution >= 0.6 is 0 Å². The zero-order valence-corrected chi connectivity index (χ0v) is 9.97. The minimum absolute atomic E-state index is 0.506. The number of fused-ring (bicyclic) bond motifs is 4. The summed E-state index contributed by atoms with van der Waals surface area (Å²) in [5.74, 6) is 1.20. The lowest BCUT2D eigenvalue weighted by Crippen LogP contribution is -2.38. The third kappa shape index (κ3) is 1.38. The Labute approximate surface area is 102 Å². The molecule has 0 N–H and O–H groups in total. The summed E-state index contributed by atoms with van der Waals surface area (Å²) in [5, 5.41) is 0. The van der Waals surface area contributed by atoms with E-state index in [1.807, 2.05) is 0 Å². The number of aliphatic imine (C=N–C) groups is 1. The predicted octanol–water partition coefficient (Wildman–Crippen LogP) is 1.91. The van der Waals surface area contributed by atoms with Crippen LogP contribution in [-0.2, 0) is 0 Å². The van der Waals surface area contributed by atoms with Crippen molar-refractivity contribution >= 4 is 5.84 Å². The highest BCUT2D eigenvalue weighted by Gasteiger charge is 2.34. The Hall–Kier alpha value is -1.51. The molecule has 1 unspecified atom stereocenters. The molecule has 0 amide bonds. The van der Waals surface area contributed by atoms with E-state index in [1.54, 1.807) is 0 Å². The molecule has 4 rings (SSSR count). The van der Waals surface area contributed by atoms with Crippen molar-refractivity contribution in [2.75, 3.05) is 19.6 Å². The molecule has 0 bridgehead atoms. The lowest BCUT2D eigenvalue weighted by Gasteiger charge is -2.27. The lowest BCUT2D eigenvalue weighted by molar-refractivity contribution is 0.308. The molecule has 17 heavy (non-hydrogen) atoms. The van der Waals surface area contributed by atoms with Gasteiger partial charge in [0.05, 0.1) is 11.7 Å². The van der Waals surface area contributed by atoms with Gasteiger partial charge in [-0.05, 0) is 31.4 Å². The van der Waals surface area contributed by atoms with Crippen LogP contribution in [0.3, 0.4) is 0 Å². The van der Waals surface area contributed by atoms with Gasteiger partial charge in [-0.15, -0.1) is 0 Å². The summed E-state index contributed by atoms with van der Waals surface area (Å²) in [6.45, 7) is 3.52. The number of hydrogen-bond acceptors (Lipinski definition) is 3. The van der Waals surface area contributed by atoms with Crippen LogP contribution in [0.25, 0.3) is 0 Å². The molecule has 88 valence electrons. The van der Waals surface area contributed by atoms with Crippen LogP contribution in [0.4, 0.5) is 0 Å². The zero-order chi connectivity index (χ0) is 11.2. The van der Waals surface area contributed by atoms with Crippen molar-refractivity contribution in [3.8, 4) is 0 Å². The van der Waals surface area contributed by atoms with E-state index in [0.29, 0.717) is 6.04 Å². The van der Waals surface area contributed by atoms with Crippen LogP contribution in [0.1, 0.15) is 19.3 Å². The first-order chi connectivity index (χ1) is 8.42. The topological polar surface area (TPSA) is 18.8 Å². The van der Waals surface area contributed by atoms with Crippen molar-refractivity contribution < 1.29 is 0 Å². The smallest absolute Gasteiger partial charge is 0.131 e. The Bertz CT molecular complexity index is 470. The Morgan fingerprint density at radius 1 is 1.24 bits per heavy atom. The highest BCUT2D eigenvalue weighted by Crippen LogP contribution is 2.31. The van der Waals surface area contributed by atoms with Crippen LogP contribution in [0, 0.1) is 0 Å². The highest BCUT2D eigenvalue weighted by atomic mass is 15.3. The van der Waals surface area contributed by atoms with Gasteiger partial charge in [0.1, 0.15) is 5.84 Å². The van der Waals surface area contributed by atoms with Gasteiger partial charge in [0.25, 0.3) is 0 Å². The van der Waals surface area contributed by atoms with E-state index in [0.717, 1.165) is 13.0 Å². The maximum Gasteiger partial charge on any atom is 0.131 e. The van der Waals surface area contributed by atoms with Crippen LogP contribution in [0.5, 0.6) is 0 Å². The third-order valence-corrected chi connectivity index (χ3v) is 4.19. The van der Waals surface area contributed by atoms with Gasteiger partial charge in [-0.25, -0.2) is 4.99 Å². The van der Waals surface area contributed by atoms with Gasteiger partial charge in [0.15, 0.2) is 0 Å². The molecule has 0 spiro atoms. The van der Waals surface area contributed by atoms with E-state index in [1.165, 1.54) is 43.2 Å². The fraction of sp³-hybridized carbons (Fsp3) is 0.500. The maximum atomic E-state index is 4.80. The van der Waals surface area contributed by atoms with E-state index in [2.05, 4.69) is 34.1 Å². The number of allylic oxidation sites excluding steroid dienone is 3. The minimum Gasteiger partial charge on any atom is -0.373 e. The van der Waals surface area contributed by atoms with Crippen molar-refractivity contribution in [1.29, 1.82) is 0 Å². The molecule has 4 aliphatic rings. The molecule has 1 saturated heterocycles. The quantitative estimate of drug-likeness (QED) is 0.629. The van der Waals surface area contributed by atoms with Crippen LogP contribution in [0.15, 0.2) is 40.7 Å². The Kier molecular flexibility index (Phi) is 1.95. The van der Waals surface area contributed by atoms with Crippen molar-refractivity contribution in [1.82, 2.24) is 9.80 Å². The van der Waals surface area contributed by atoms with E-state index >= 15 is 0 Å². The normalized spacial score (nSPS) is 30.1. The van der Waals surface area contributed by atoms with Gasteiger partial charge in [-0.2, -0.15) is 0 Å². The van der Waals surface area contributed by atoms with Crippen LogP contribution in [0.2, 0.25) is 0 Å². The standard InChI is InChI=1S/C14H17N3/c1-2-6-13-12(5-1)15-14-10-11-4-3-7-16(11)8-9-17(13)14/h1-2,5,10,13H,3-4,6-9H2. The van der Waals surface area contributed by atoms with Gasteiger partial charge < -0.3 is 9.80 Å². The zero-order valence-electron chi connectivity index (χ0n) is 9.97. The largest absolute Gasteiger partial charge is 0.373 e. The minimum atomic E-state index is 0.506. The molecule has 3 aliphatic heterocycles. The molecular formula is C14H17N3. The molecule has 3 nitrogen and oxygen atoms in total.